The maximum absolute atomic E-state index is 13.6. The van der Waals surface area contributed by atoms with E-state index in [-0.39, 0.29) is 5.82 Å². The number of halogens is 1. The van der Waals surface area contributed by atoms with Gasteiger partial charge in [-0.15, -0.1) is 0 Å². The number of hydrogen-bond acceptors (Lipinski definition) is 2. The van der Waals surface area contributed by atoms with Crippen molar-refractivity contribution in [2.24, 2.45) is 11.8 Å². The van der Waals surface area contributed by atoms with E-state index in [1.807, 2.05) is 6.07 Å². The van der Waals surface area contributed by atoms with Gasteiger partial charge in [-0.25, -0.2) is 4.39 Å². The third kappa shape index (κ3) is 2.95. The maximum atomic E-state index is 13.6. The molecule has 0 spiro atoms. The van der Waals surface area contributed by atoms with Gasteiger partial charge in [0, 0.05) is 17.8 Å². The van der Waals surface area contributed by atoms with Crippen molar-refractivity contribution >= 4 is 5.69 Å². The summed E-state index contributed by atoms with van der Waals surface area (Å²) >= 11 is 0. The Labute approximate surface area is 109 Å². The van der Waals surface area contributed by atoms with Crippen LogP contribution in [0, 0.1) is 17.7 Å². The van der Waals surface area contributed by atoms with E-state index >= 15 is 0 Å². The van der Waals surface area contributed by atoms with Crippen LogP contribution in [0.3, 0.4) is 0 Å². The Kier molecular flexibility index (Phi) is 4.10. The third-order valence-corrected chi connectivity index (χ3v) is 3.96. The van der Waals surface area contributed by atoms with Crippen LogP contribution in [-0.4, -0.2) is 13.2 Å². The van der Waals surface area contributed by atoms with Crippen molar-refractivity contribution in [1.82, 2.24) is 0 Å². The van der Waals surface area contributed by atoms with Gasteiger partial charge in [-0.05, 0) is 36.8 Å². The van der Waals surface area contributed by atoms with Crippen molar-refractivity contribution in [3.05, 3.63) is 24.0 Å². The number of benzene rings is 1. The predicted molar refractivity (Wildman–Crippen MR) is 72.5 cm³/mol. The lowest BCUT2D eigenvalue weighted by Crippen LogP contribution is -2.33. The Morgan fingerprint density at radius 2 is 2.06 bits per heavy atom. The molecule has 3 atom stereocenters. The second-order valence-electron chi connectivity index (χ2n) is 5.50. The van der Waals surface area contributed by atoms with E-state index in [2.05, 4.69) is 19.2 Å². The summed E-state index contributed by atoms with van der Waals surface area (Å²) in [6, 6.07) is 5.52. The summed E-state index contributed by atoms with van der Waals surface area (Å²) in [4.78, 5) is 0. The second kappa shape index (κ2) is 5.59. The van der Waals surface area contributed by atoms with Crippen molar-refractivity contribution in [2.75, 3.05) is 12.4 Å². The Hall–Kier alpha value is -1.25. The molecule has 0 aliphatic heterocycles. The molecule has 0 saturated heterocycles. The number of nitrogens with one attached hydrogen (secondary N) is 1. The molecule has 1 N–H and O–H groups in total. The molecule has 3 heteroatoms. The van der Waals surface area contributed by atoms with Crippen LogP contribution >= 0.6 is 0 Å². The molecule has 1 aliphatic rings. The summed E-state index contributed by atoms with van der Waals surface area (Å²) in [5.41, 5.74) is 0.847. The topological polar surface area (TPSA) is 21.3 Å². The fourth-order valence-electron chi connectivity index (χ4n) is 2.70. The van der Waals surface area contributed by atoms with E-state index in [0.29, 0.717) is 17.7 Å². The third-order valence-electron chi connectivity index (χ3n) is 3.96. The van der Waals surface area contributed by atoms with Crippen LogP contribution in [0.25, 0.3) is 0 Å². The standard InChI is InChI=1S/C15H22FNO/c1-10-4-5-11(2)14(8-10)17-12-6-7-15(18-3)13(16)9-12/h6-7,9-11,14,17H,4-5,8H2,1-3H3. The molecule has 2 rings (SSSR count). The number of rotatable bonds is 3. The highest BCUT2D eigenvalue weighted by Gasteiger charge is 2.25. The Morgan fingerprint density at radius 3 is 2.72 bits per heavy atom. The zero-order chi connectivity index (χ0) is 13.1. The van der Waals surface area contributed by atoms with Crippen molar-refractivity contribution in [2.45, 2.75) is 39.2 Å². The van der Waals surface area contributed by atoms with Gasteiger partial charge in [-0.1, -0.05) is 20.3 Å². The van der Waals surface area contributed by atoms with Crippen LogP contribution in [0.2, 0.25) is 0 Å². The molecule has 1 aliphatic carbocycles. The highest BCUT2D eigenvalue weighted by molar-refractivity contribution is 5.48. The average molecular weight is 251 g/mol. The number of hydrogen-bond donors (Lipinski definition) is 1. The SMILES string of the molecule is COc1ccc(NC2CC(C)CCC2C)cc1F. The fraction of sp³-hybridized carbons (Fsp3) is 0.600. The lowest BCUT2D eigenvalue weighted by atomic mass is 9.80. The molecule has 0 amide bonds. The first-order valence-corrected chi connectivity index (χ1v) is 6.70. The number of ether oxygens (including phenoxy) is 1. The summed E-state index contributed by atoms with van der Waals surface area (Å²) in [5.74, 6) is 1.39. The van der Waals surface area contributed by atoms with Gasteiger partial charge < -0.3 is 10.1 Å². The minimum Gasteiger partial charge on any atom is -0.494 e. The molecular weight excluding hydrogens is 229 g/mol. The van der Waals surface area contributed by atoms with Gasteiger partial charge in [-0.3, -0.25) is 0 Å². The first-order valence-electron chi connectivity index (χ1n) is 6.70. The van der Waals surface area contributed by atoms with E-state index < -0.39 is 0 Å². The molecule has 1 aromatic carbocycles. The van der Waals surface area contributed by atoms with E-state index in [9.17, 15) is 4.39 Å². The molecule has 18 heavy (non-hydrogen) atoms. The van der Waals surface area contributed by atoms with Gasteiger partial charge >= 0.3 is 0 Å². The highest BCUT2D eigenvalue weighted by Crippen LogP contribution is 2.31. The van der Waals surface area contributed by atoms with Crippen molar-refractivity contribution < 1.29 is 9.13 Å². The monoisotopic (exact) mass is 251 g/mol. The zero-order valence-corrected chi connectivity index (χ0v) is 11.4. The van der Waals surface area contributed by atoms with Crippen LogP contribution in [0.1, 0.15) is 33.1 Å². The molecule has 1 saturated carbocycles. The molecule has 0 aromatic heterocycles. The van der Waals surface area contributed by atoms with E-state index in [0.717, 1.165) is 18.0 Å². The summed E-state index contributed by atoms with van der Waals surface area (Å²) in [5, 5.41) is 3.46. The lowest BCUT2D eigenvalue weighted by Gasteiger charge is -2.34. The normalized spacial score (nSPS) is 27.9. The molecule has 0 bridgehead atoms. The smallest absolute Gasteiger partial charge is 0.167 e. The van der Waals surface area contributed by atoms with Crippen LogP contribution in [-0.2, 0) is 0 Å². The molecule has 1 aromatic rings. The summed E-state index contributed by atoms with van der Waals surface area (Å²) in [7, 11) is 1.48. The molecule has 2 nitrogen and oxygen atoms in total. The van der Waals surface area contributed by atoms with Crippen molar-refractivity contribution in [1.29, 1.82) is 0 Å². The molecule has 100 valence electrons. The Bertz CT molecular complexity index is 407. The molecule has 0 heterocycles. The minimum atomic E-state index is -0.306. The zero-order valence-electron chi connectivity index (χ0n) is 11.4. The highest BCUT2D eigenvalue weighted by atomic mass is 19.1. The van der Waals surface area contributed by atoms with E-state index in [4.69, 9.17) is 4.74 Å². The largest absolute Gasteiger partial charge is 0.494 e. The van der Waals surface area contributed by atoms with Gasteiger partial charge in [0.25, 0.3) is 0 Å². The van der Waals surface area contributed by atoms with Crippen molar-refractivity contribution in [3.63, 3.8) is 0 Å². The fourth-order valence-corrected chi connectivity index (χ4v) is 2.70. The van der Waals surface area contributed by atoms with Gasteiger partial charge in [0.1, 0.15) is 0 Å². The van der Waals surface area contributed by atoms with Gasteiger partial charge in [-0.2, -0.15) is 0 Å². The first-order chi connectivity index (χ1) is 8.60. The van der Waals surface area contributed by atoms with Crippen LogP contribution in [0.15, 0.2) is 18.2 Å². The molecule has 0 radical (unpaired) electrons. The molecule has 1 fully saturated rings. The summed E-state index contributed by atoms with van der Waals surface area (Å²) < 4.78 is 18.5. The molecular formula is C15H22FNO. The van der Waals surface area contributed by atoms with Crippen LogP contribution < -0.4 is 10.1 Å². The summed E-state index contributed by atoms with van der Waals surface area (Å²) in [6.07, 6.45) is 3.71. The number of anilines is 1. The van der Waals surface area contributed by atoms with Crippen molar-refractivity contribution in [3.8, 4) is 5.75 Å². The van der Waals surface area contributed by atoms with E-state index in [1.165, 1.54) is 26.0 Å². The first kappa shape index (κ1) is 13.2. The minimum absolute atomic E-state index is 0.297. The van der Waals surface area contributed by atoms with Gasteiger partial charge in [0.05, 0.1) is 7.11 Å². The Balaban J connectivity index is 2.06. The second-order valence-corrected chi connectivity index (χ2v) is 5.50. The summed E-state index contributed by atoms with van der Waals surface area (Å²) in [6.45, 7) is 4.55. The van der Waals surface area contributed by atoms with Gasteiger partial charge in [0.2, 0.25) is 0 Å². The number of methoxy groups -OCH3 is 1. The van der Waals surface area contributed by atoms with Crippen LogP contribution in [0.5, 0.6) is 5.75 Å². The quantitative estimate of drug-likeness (QED) is 0.874. The lowest BCUT2D eigenvalue weighted by molar-refractivity contribution is 0.280. The molecule has 3 unspecified atom stereocenters. The van der Waals surface area contributed by atoms with E-state index in [1.54, 1.807) is 6.07 Å². The maximum Gasteiger partial charge on any atom is 0.167 e. The Morgan fingerprint density at radius 1 is 1.28 bits per heavy atom. The van der Waals surface area contributed by atoms with Gasteiger partial charge in [0.15, 0.2) is 11.6 Å². The van der Waals surface area contributed by atoms with Crippen LogP contribution in [0.4, 0.5) is 10.1 Å². The predicted octanol–water partition coefficient (Wildman–Crippen LogP) is 4.07. The average Bonchev–Trinajstić information content (AvgIpc) is 2.34.